The van der Waals surface area contributed by atoms with Gasteiger partial charge in [-0.05, 0) is 18.1 Å². The number of carbonyl (C=O) groups excluding carboxylic acids is 1. The molecule has 0 aliphatic carbocycles. The Labute approximate surface area is 95.8 Å². The van der Waals surface area contributed by atoms with Gasteiger partial charge in [-0.15, -0.1) is 0 Å². The third kappa shape index (κ3) is 2.25. The molecule has 0 amide bonds. The highest BCUT2D eigenvalue weighted by Crippen LogP contribution is 2.27. The molecule has 0 saturated heterocycles. The van der Waals surface area contributed by atoms with Crippen LogP contribution in [0.5, 0.6) is 0 Å². The number of aryl methyl sites for hydroxylation is 1. The monoisotopic (exact) mass is 219 g/mol. The maximum atomic E-state index is 11.3. The summed E-state index contributed by atoms with van der Waals surface area (Å²) >= 11 is 0. The SMILES string of the molecule is COC(=O)CC1CNCc2ccc(C)cc21. The van der Waals surface area contributed by atoms with Gasteiger partial charge in [0.05, 0.1) is 13.5 Å². The molecule has 0 fully saturated rings. The van der Waals surface area contributed by atoms with E-state index in [1.807, 2.05) is 0 Å². The molecule has 1 aromatic rings. The lowest BCUT2D eigenvalue weighted by atomic mass is 9.87. The predicted molar refractivity (Wildman–Crippen MR) is 62.3 cm³/mol. The van der Waals surface area contributed by atoms with Crippen LogP contribution in [0.25, 0.3) is 0 Å². The number of fused-ring (bicyclic) bond motifs is 1. The molecule has 86 valence electrons. The Kier molecular flexibility index (Phi) is 3.25. The molecule has 1 unspecified atom stereocenters. The van der Waals surface area contributed by atoms with Crippen molar-refractivity contribution in [1.29, 1.82) is 0 Å². The van der Waals surface area contributed by atoms with Gasteiger partial charge in [-0.25, -0.2) is 0 Å². The summed E-state index contributed by atoms with van der Waals surface area (Å²) in [5.41, 5.74) is 3.84. The number of esters is 1. The van der Waals surface area contributed by atoms with E-state index in [2.05, 4.69) is 30.4 Å². The lowest BCUT2D eigenvalue weighted by Crippen LogP contribution is -2.29. The second-order valence-electron chi connectivity index (χ2n) is 4.31. The summed E-state index contributed by atoms with van der Waals surface area (Å²) in [5, 5.41) is 3.33. The van der Waals surface area contributed by atoms with Gasteiger partial charge >= 0.3 is 5.97 Å². The summed E-state index contributed by atoms with van der Waals surface area (Å²) < 4.78 is 4.73. The Morgan fingerprint density at radius 1 is 1.56 bits per heavy atom. The number of ether oxygens (including phenoxy) is 1. The molecule has 1 aliphatic rings. The molecular weight excluding hydrogens is 202 g/mol. The lowest BCUT2D eigenvalue weighted by molar-refractivity contribution is -0.141. The first-order valence-corrected chi connectivity index (χ1v) is 5.57. The normalized spacial score (nSPS) is 19.0. The van der Waals surface area contributed by atoms with E-state index in [-0.39, 0.29) is 11.9 Å². The molecule has 1 heterocycles. The van der Waals surface area contributed by atoms with Gasteiger partial charge in [-0.1, -0.05) is 23.8 Å². The Hall–Kier alpha value is -1.35. The lowest BCUT2D eigenvalue weighted by Gasteiger charge is -2.26. The minimum absolute atomic E-state index is 0.138. The van der Waals surface area contributed by atoms with Crippen LogP contribution in [0, 0.1) is 6.92 Å². The van der Waals surface area contributed by atoms with Crippen LogP contribution in [0.3, 0.4) is 0 Å². The highest BCUT2D eigenvalue weighted by atomic mass is 16.5. The zero-order chi connectivity index (χ0) is 11.5. The standard InChI is InChI=1S/C13H17NO2/c1-9-3-4-10-7-14-8-11(12(10)5-9)6-13(15)16-2/h3-5,11,14H,6-8H2,1-2H3. The molecule has 0 spiro atoms. The van der Waals surface area contributed by atoms with Gasteiger partial charge in [0, 0.05) is 19.0 Å². The van der Waals surface area contributed by atoms with E-state index in [4.69, 9.17) is 4.74 Å². The van der Waals surface area contributed by atoms with Crippen LogP contribution < -0.4 is 5.32 Å². The predicted octanol–water partition coefficient (Wildman–Crippen LogP) is 1.74. The fourth-order valence-electron chi connectivity index (χ4n) is 2.21. The molecule has 1 aliphatic heterocycles. The summed E-state index contributed by atoms with van der Waals surface area (Å²) in [6, 6.07) is 6.44. The molecule has 0 aromatic heterocycles. The molecule has 1 N–H and O–H groups in total. The van der Waals surface area contributed by atoms with Gasteiger partial charge in [0.15, 0.2) is 0 Å². The Morgan fingerprint density at radius 2 is 2.38 bits per heavy atom. The van der Waals surface area contributed by atoms with Crippen molar-refractivity contribution in [2.24, 2.45) is 0 Å². The minimum atomic E-state index is -0.138. The van der Waals surface area contributed by atoms with Crippen LogP contribution in [0.15, 0.2) is 18.2 Å². The van der Waals surface area contributed by atoms with Gasteiger partial charge < -0.3 is 10.1 Å². The van der Waals surface area contributed by atoms with Crippen LogP contribution >= 0.6 is 0 Å². The van der Waals surface area contributed by atoms with Gasteiger partial charge in [-0.2, -0.15) is 0 Å². The average molecular weight is 219 g/mol. The van der Waals surface area contributed by atoms with Crippen molar-refractivity contribution < 1.29 is 9.53 Å². The number of methoxy groups -OCH3 is 1. The summed E-state index contributed by atoms with van der Waals surface area (Å²) in [5.74, 6) is 0.109. The molecule has 1 atom stereocenters. The number of rotatable bonds is 2. The summed E-state index contributed by atoms with van der Waals surface area (Å²) in [6.07, 6.45) is 0.458. The van der Waals surface area contributed by atoms with Crippen molar-refractivity contribution in [2.45, 2.75) is 25.8 Å². The average Bonchev–Trinajstić information content (AvgIpc) is 2.29. The second-order valence-corrected chi connectivity index (χ2v) is 4.31. The van der Waals surface area contributed by atoms with Crippen molar-refractivity contribution in [2.75, 3.05) is 13.7 Å². The largest absolute Gasteiger partial charge is 0.469 e. The zero-order valence-electron chi connectivity index (χ0n) is 9.75. The molecule has 1 aromatic carbocycles. The van der Waals surface area contributed by atoms with Crippen molar-refractivity contribution in [3.8, 4) is 0 Å². The Bertz CT molecular complexity index is 401. The van der Waals surface area contributed by atoms with Crippen LogP contribution in [0.1, 0.15) is 29.0 Å². The zero-order valence-corrected chi connectivity index (χ0v) is 9.75. The summed E-state index contributed by atoms with van der Waals surface area (Å²) in [7, 11) is 1.44. The summed E-state index contributed by atoms with van der Waals surface area (Å²) in [6.45, 7) is 3.83. The van der Waals surface area contributed by atoms with Crippen LogP contribution in [-0.2, 0) is 16.1 Å². The quantitative estimate of drug-likeness (QED) is 0.770. The maximum absolute atomic E-state index is 11.3. The van der Waals surface area contributed by atoms with Crippen molar-refractivity contribution in [3.63, 3.8) is 0 Å². The third-order valence-electron chi connectivity index (χ3n) is 3.09. The van der Waals surface area contributed by atoms with Crippen LogP contribution in [0.2, 0.25) is 0 Å². The van der Waals surface area contributed by atoms with E-state index in [9.17, 15) is 4.79 Å². The molecule has 0 bridgehead atoms. The van der Waals surface area contributed by atoms with Crippen molar-refractivity contribution in [1.82, 2.24) is 5.32 Å². The molecule has 3 heteroatoms. The molecular formula is C13H17NO2. The number of benzene rings is 1. The Balaban J connectivity index is 2.24. The fraction of sp³-hybridized carbons (Fsp3) is 0.462. The van der Waals surface area contributed by atoms with E-state index < -0.39 is 0 Å². The highest BCUT2D eigenvalue weighted by molar-refractivity contribution is 5.70. The Morgan fingerprint density at radius 3 is 3.12 bits per heavy atom. The van der Waals surface area contributed by atoms with Gasteiger partial charge in [-0.3, -0.25) is 4.79 Å². The van der Waals surface area contributed by atoms with E-state index >= 15 is 0 Å². The smallest absolute Gasteiger partial charge is 0.306 e. The van der Waals surface area contributed by atoms with Gasteiger partial charge in [0.25, 0.3) is 0 Å². The van der Waals surface area contributed by atoms with E-state index in [1.54, 1.807) is 0 Å². The van der Waals surface area contributed by atoms with Gasteiger partial charge in [0.2, 0.25) is 0 Å². The van der Waals surface area contributed by atoms with E-state index in [0.717, 1.165) is 13.1 Å². The van der Waals surface area contributed by atoms with Crippen LogP contribution in [-0.4, -0.2) is 19.6 Å². The number of hydrogen-bond donors (Lipinski definition) is 1. The molecule has 0 saturated carbocycles. The number of carbonyl (C=O) groups is 1. The van der Waals surface area contributed by atoms with Crippen molar-refractivity contribution in [3.05, 3.63) is 34.9 Å². The topological polar surface area (TPSA) is 38.3 Å². The van der Waals surface area contributed by atoms with Crippen LogP contribution in [0.4, 0.5) is 0 Å². The first kappa shape index (κ1) is 11.1. The maximum Gasteiger partial charge on any atom is 0.306 e. The highest BCUT2D eigenvalue weighted by Gasteiger charge is 2.22. The molecule has 3 nitrogen and oxygen atoms in total. The molecule has 0 radical (unpaired) electrons. The minimum Gasteiger partial charge on any atom is -0.469 e. The van der Waals surface area contributed by atoms with Gasteiger partial charge in [0.1, 0.15) is 0 Å². The first-order chi connectivity index (χ1) is 7.70. The molecule has 16 heavy (non-hydrogen) atoms. The number of nitrogens with one attached hydrogen (secondary N) is 1. The van der Waals surface area contributed by atoms with E-state index in [1.165, 1.54) is 23.8 Å². The fourth-order valence-corrected chi connectivity index (χ4v) is 2.21. The van der Waals surface area contributed by atoms with Crippen molar-refractivity contribution >= 4 is 5.97 Å². The molecule has 2 rings (SSSR count). The third-order valence-corrected chi connectivity index (χ3v) is 3.09. The summed E-state index contributed by atoms with van der Waals surface area (Å²) in [4.78, 5) is 11.3. The number of hydrogen-bond acceptors (Lipinski definition) is 3. The second kappa shape index (κ2) is 4.66. The van der Waals surface area contributed by atoms with E-state index in [0.29, 0.717) is 6.42 Å². The first-order valence-electron chi connectivity index (χ1n) is 5.57.